The molecule has 4 saturated carbocycles. The van der Waals surface area contributed by atoms with Crippen LogP contribution in [0.2, 0.25) is 5.02 Å². The van der Waals surface area contributed by atoms with Crippen molar-refractivity contribution in [3.8, 4) is 0 Å². The van der Waals surface area contributed by atoms with Crippen LogP contribution in [0.1, 0.15) is 68.1 Å². The fraction of sp³-hybridized carbons (Fsp3) is 0.682. The molecule has 1 aromatic rings. The summed E-state index contributed by atoms with van der Waals surface area (Å²) in [7, 11) is -3.59. The van der Waals surface area contributed by atoms with E-state index in [4.69, 9.17) is 11.6 Å². The molecule has 0 radical (unpaired) electrons. The summed E-state index contributed by atoms with van der Waals surface area (Å²) < 4.78 is 27.6. The van der Waals surface area contributed by atoms with Crippen LogP contribution in [-0.2, 0) is 10.0 Å². The third-order valence-electron chi connectivity index (χ3n) is 7.55. The van der Waals surface area contributed by atoms with Crippen LogP contribution in [-0.4, -0.2) is 37.3 Å². The van der Waals surface area contributed by atoms with Crippen LogP contribution in [0.15, 0.2) is 23.1 Å². The van der Waals surface area contributed by atoms with E-state index in [0.717, 1.165) is 56.3 Å². The minimum absolute atomic E-state index is 0.128. The van der Waals surface area contributed by atoms with Gasteiger partial charge in [0.05, 0.1) is 15.5 Å². The summed E-state index contributed by atoms with van der Waals surface area (Å²) in [5, 5.41) is 3.62. The quantitative estimate of drug-likeness (QED) is 0.768. The van der Waals surface area contributed by atoms with Crippen LogP contribution in [0.25, 0.3) is 0 Å². The Morgan fingerprint density at radius 3 is 2.17 bits per heavy atom. The molecule has 1 heterocycles. The number of nitrogens with one attached hydrogen (secondary N) is 1. The normalized spacial score (nSPS) is 34.3. The van der Waals surface area contributed by atoms with Crippen molar-refractivity contribution >= 4 is 27.5 Å². The highest BCUT2D eigenvalue weighted by Gasteiger charge is 2.51. The molecule has 5 aliphatic rings. The lowest BCUT2D eigenvalue weighted by Crippen LogP contribution is -2.59. The molecule has 7 heteroatoms. The first-order chi connectivity index (χ1) is 13.8. The number of rotatable bonds is 4. The van der Waals surface area contributed by atoms with E-state index < -0.39 is 10.0 Å². The van der Waals surface area contributed by atoms with Crippen molar-refractivity contribution in [2.75, 3.05) is 13.1 Å². The van der Waals surface area contributed by atoms with Crippen molar-refractivity contribution in [3.05, 3.63) is 28.8 Å². The number of benzene rings is 1. The van der Waals surface area contributed by atoms with E-state index in [-0.39, 0.29) is 21.9 Å². The standard InChI is InChI=1S/C22H29ClN2O3S/c23-20-5-4-18(29(27,28)25-6-2-1-3-7-25)11-19(20)21(26)24-22-12-15-8-16(13-22)10-17(9-15)14-22/h4-5,11,15-17H,1-3,6-10,12-14H2,(H,24,26). The second-order valence-electron chi connectivity index (χ2n) is 9.76. The highest BCUT2D eigenvalue weighted by atomic mass is 35.5. The van der Waals surface area contributed by atoms with E-state index in [9.17, 15) is 13.2 Å². The van der Waals surface area contributed by atoms with Crippen LogP contribution in [0.3, 0.4) is 0 Å². The number of halogens is 1. The van der Waals surface area contributed by atoms with Gasteiger partial charge in [0.25, 0.3) is 5.91 Å². The Kier molecular flexibility index (Phi) is 4.95. The third-order valence-corrected chi connectivity index (χ3v) is 9.78. The monoisotopic (exact) mass is 436 g/mol. The summed E-state index contributed by atoms with van der Waals surface area (Å²) in [6, 6.07) is 4.54. The predicted octanol–water partition coefficient (Wildman–Crippen LogP) is 4.21. The van der Waals surface area contributed by atoms with Gasteiger partial charge in [-0.1, -0.05) is 18.0 Å². The maximum atomic E-state index is 13.2. The van der Waals surface area contributed by atoms with Crippen LogP contribution in [0, 0.1) is 17.8 Å². The lowest BCUT2D eigenvalue weighted by atomic mass is 9.53. The lowest BCUT2D eigenvalue weighted by molar-refractivity contribution is -0.0167. The molecule has 0 spiro atoms. The van der Waals surface area contributed by atoms with E-state index in [1.54, 1.807) is 6.07 Å². The molecule has 5 nitrogen and oxygen atoms in total. The van der Waals surface area contributed by atoms with Gasteiger partial charge in [-0.3, -0.25) is 4.79 Å². The highest BCUT2D eigenvalue weighted by molar-refractivity contribution is 7.89. The van der Waals surface area contributed by atoms with Gasteiger partial charge in [-0.05, 0) is 87.3 Å². The van der Waals surface area contributed by atoms with E-state index in [1.807, 2.05) is 0 Å². The molecule has 0 atom stereocenters. The minimum atomic E-state index is -3.59. The predicted molar refractivity (Wildman–Crippen MR) is 112 cm³/mol. The molecule has 5 fully saturated rings. The van der Waals surface area contributed by atoms with Gasteiger partial charge in [0.15, 0.2) is 0 Å². The molecule has 4 aliphatic carbocycles. The van der Waals surface area contributed by atoms with Crippen LogP contribution in [0.5, 0.6) is 0 Å². The van der Waals surface area contributed by atoms with Gasteiger partial charge >= 0.3 is 0 Å². The van der Waals surface area contributed by atoms with Crippen LogP contribution < -0.4 is 5.32 Å². The molecule has 1 amide bonds. The first-order valence-electron chi connectivity index (χ1n) is 11.0. The number of carbonyl (C=O) groups is 1. The maximum absolute atomic E-state index is 13.2. The summed E-state index contributed by atoms with van der Waals surface area (Å²) >= 11 is 6.34. The molecule has 1 saturated heterocycles. The Morgan fingerprint density at radius 1 is 1.00 bits per heavy atom. The summed E-state index contributed by atoms with van der Waals surface area (Å²) in [5.74, 6) is 1.95. The van der Waals surface area contributed by atoms with E-state index in [2.05, 4.69) is 5.32 Å². The Balaban J connectivity index is 1.39. The Morgan fingerprint density at radius 2 is 1.59 bits per heavy atom. The first kappa shape index (κ1) is 19.8. The summed E-state index contributed by atoms with van der Waals surface area (Å²) in [5.41, 5.74) is 0.150. The molecule has 1 N–H and O–H groups in total. The molecule has 0 aromatic heterocycles. The molecule has 29 heavy (non-hydrogen) atoms. The summed E-state index contributed by atoms with van der Waals surface area (Å²) in [4.78, 5) is 13.4. The number of amides is 1. The van der Waals surface area contributed by atoms with Crippen LogP contribution >= 0.6 is 11.6 Å². The largest absolute Gasteiger partial charge is 0.347 e. The highest BCUT2D eigenvalue weighted by Crippen LogP contribution is 2.55. The van der Waals surface area contributed by atoms with Crippen molar-refractivity contribution < 1.29 is 13.2 Å². The van der Waals surface area contributed by atoms with Gasteiger partial charge in [0, 0.05) is 18.6 Å². The Labute approximate surface area is 178 Å². The minimum Gasteiger partial charge on any atom is -0.347 e. The van der Waals surface area contributed by atoms with Crippen molar-refractivity contribution in [1.29, 1.82) is 0 Å². The molecule has 1 aliphatic heterocycles. The number of sulfonamides is 1. The van der Waals surface area contributed by atoms with E-state index in [1.165, 1.54) is 35.7 Å². The first-order valence-corrected chi connectivity index (χ1v) is 12.8. The topological polar surface area (TPSA) is 66.5 Å². The van der Waals surface area contributed by atoms with E-state index >= 15 is 0 Å². The lowest BCUT2D eigenvalue weighted by Gasteiger charge is -2.56. The fourth-order valence-electron chi connectivity index (χ4n) is 6.67. The van der Waals surface area contributed by atoms with Gasteiger partial charge < -0.3 is 5.32 Å². The van der Waals surface area contributed by atoms with Crippen molar-refractivity contribution in [1.82, 2.24) is 9.62 Å². The number of piperidine rings is 1. The van der Waals surface area contributed by atoms with Crippen molar-refractivity contribution in [2.24, 2.45) is 17.8 Å². The Bertz CT molecular complexity index is 889. The molecule has 4 bridgehead atoms. The number of hydrogen-bond acceptors (Lipinski definition) is 3. The zero-order chi connectivity index (χ0) is 20.2. The average molecular weight is 437 g/mol. The number of carbonyl (C=O) groups excluding carboxylic acids is 1. The SMILES string of the molecule is O=C(NC12CC3CC(CC(C3)C1)C2)c1cc(S(=O)(=O)N2CCCCC2)ccc1Cl. The van der Waals surface area contributed by atoms with Crippen molar-refractivity contribution in [2.45, 2.75) is 68.2 Å². The van der Waals surface area contributed by atoms with Gasteiger partial charge in [-0.15, -0.1) is 0 Å². The second-order valence-corrected chi connectivity index (χ2v) is 12.1. The molecule has 1 aromatic carbocycles. The van der Waals surface area contributed by atoms with Crippen LogP contribution in [0.4, 0.5) is 0 Å². The van der Waals surface area contributed by atoms with E-state index in [0.29, 0.717) is 18.1 Å². The summed E-state index contributed by atoms with van der Waals surface area (Å²) in [6.07, 6.45) is 9.89. The number of hydrogen-bond donors (Lipinski definition) is 1. The van der Waals surface area contributed by atoms with Gasteiger partial charge in [-0.2, -0.15) is 4.31 Å². The molecular weight excluding hydrogens is 408 g/mol. The molecule has 158 valence electrons. The molecular formula is C22H29ClN2O3S. The molecule has 0 unspecified atom stereocenters. The van der Waals surface area contributed by atoms with Crippen molar-refractivity contribution in [3.63, 3.8) is 0 Å². The second kappa shape index (κ2) is 7.24. The summed E-state index contributed by atoms with van der Waals surface area (Å²) in [6.45, 7) is 1.08. The Hall–Kier alpha value is -1.11. The zero-order valence-corrected chi connectivity index (χ0v) is 18.3. The molecule has 6 rings (SSSR count). The number of nitrogens with zero attached hydrogens (tertiary/aromatic N) is 1. The van der Waals surface area contributed by atoms with Gasteiger partial charge in [-0.25, -0.2) is 8.42 Å². The third kappa shape index (κ3) is 3.61. The van der Waals surface area contributed by atoms with Gasteiger partial charge in [0.2, 0.25) is 10.0 Å². The maximum Gasteiger partial charge on any atom is 0.253 e. The van der Waals surface area contributed by atoms with Gasteiger partial charge in [0.1, 0.15) is 0 Å². The average Bonchev–Trinajstić information content (AvgIpc) is 2.67. The smallest absolute Gasteiger partial charge is 0.253 e. The zero-order valence-electron chi connectivity index (χ0n) is 16.7. The fourth-order valence-corrected chi connectivity index (χ4v) is 8.41.